The lowest BCUT2D eigenvalue weighted by atomic mass is 9.68. The minimum atomic E-state index is -0.221. The topological polar surface area (TPSA) is 52.7 Å². The first kappa shape index (κ1) is 19.8. The van der Waals surface area contributed by atoms with E-state index in [1.807, 2.05) is 6.07 Å². The molecule has 3 heterocycles. The number of nitrogens with zero attached hydrogens (tertiary/aromatic N) is 2. The maximum Gasteiger partial charge on any atom is 0.232 e. The first-order valence-corrected chi connectivity index (χ1v) is 12.6. The molecule has 5 atom stereocenters. The summed E-state index contributed by atoms with van der Waals surface area (Å²) < 4.78 is 0. The minimum absolute atomic E-state index is 0.0374. The molecule has 3 aliphatic heterocycles. The van der Waals surface area contributed by atoms with Crippen LogP contribution in [-0.2, 0) is 9.59 Å². The first-order chi connectivity index (χ1) is 15.2. The van der Waals surface area contributed by atoms with Crippen molar-refractivity contribution in [3.63, 3.8) is 0 Å². The van der Waals surface area contributed by atoms with E-state index in [1.54, 1.807) is 0 Å². The molecule has 1 aromatic rings. The molecule has 1 spiro atoms. The van der Waals surface area contributed by atoms with Crippen molar-refractivity contribution >= 4 is 17.5 Å². The van der Waals surface area contributed by atoms with Gasteiger partial charge in [0.1, 0.15) is 0 Å². The summed E-state index contributed by atoms with van der Waals surface area (Å²) in [6, 6.07) is 11.2. The van der Waals surface area contributed by atoms with Crippen LogP contribution in [0.2, 0.25) is 0 Å². The summed E-state index contributed by atoms with van der Waals surface area (Å²) in [7, 11) is 0. The second kappa shape index (κ2) is 7.61. The Hall–Kier alpha value is -1.88. The maximum atomic E-state index is 12.9. The van der Waals surface area contributed by atoms with Crippen molar-refractivity contribution in [2.75, 3.05) is 24.5 Å². The van der Waals surface area contributed by atoms with Crippen molar-refractivity contribution in [3.05, 3.63) is 30.3 Å². The molecule has 0 aromatic heterocycles. The van der Waals surface area contributed by atoms with Crippen LogP contribution in [0.15, 0.2) is 30.3 Å². The molecule has 0 radical (unpaired) electrons. The number of imide groups is 1. The predicted molar refractivity (Wildman–Crippen MR) is 121 cm³/mol. The lowest BCUT2D eigenvalue weighted by molar-refractivity contribution is -0.127. The van der Waals surface area contributed by atoms with Gasteiger partial charge >= 0.3 is 0 Å². The van der Waals surface area contributed by atoms with Crippen LogP contribution < -0.4 is 10.2 Å². The highest BCUT2D eigenvalue weighted by Crippen LogP contribution is 2.51. The van der Waals surface area contributed by atoms with E-state index >= 15 is 0 Å². The molecule has 2 saturated carbocycles. The standard InChI is InChI=1S/C26H35N3O2/c30-24-22-17-29(20-8-2-1-3-9-20)26(23(22)25(31)27-24)12-14-28(15-13-26)21-11-10-18-6-4-5-7-19(18)16-21/h1-3,8-9,18-19,21-23H,4-7,10-17H2,(H,27,30,31). The molecule has 1 aromatic carbocycles. The summed E-state index contributed by atoms with van der Waals surface area (Å²) in [6.07, 6.45) is 11.9. The third-order valence-corrected chi connectivity index (χ3v) is 9.52. The Morgan fingerprint density at radius 1 is 0.871 bits per heavy atom. The lowest BCUT2D eigenvalue weighted by Crippen LogP contribution is -2.59. The third kappa shape index (κ3) is 3.14. The highest BCUT2D eigenvalue weighted by atomic mass is 16.2. The van der Waals surface area contributed by atoms with Crippen LogP contribution in [0.4, 0.5) is 5.69 Å². The van der Waals surface area contributed by atoms with E-state index in [1.165, 1.54) is 44.9 Å². The Bertz CT molecular complexity index is 847. The van der Waals surface area contributed by atoms with Gasteiger partial charge in [-0.25, -0.2) is 0 Å². The van der Waals surface area contributed by atoms with Crippen LogP contribution in [0.3, 0.4) is 0 Å². The van der Waals surface area contributed by atoms with Gasteiger partial charge in [0, 0.05) is 31.4 Å². The molecule has 3 saturated heterocycles. The van der Waals surface area contributed by atoms with Gasteiger partial charge in [-0.1, -0.05) is 43.9 Å². The number of nitrogens with one attached hydrogen (secondary N) is 1. The summed E-state index contributed by atoms with van der Waals surface area (Å²) in [5.74, 6) is 1.43. The molecule has 166 valence electrons. The molecular weight excluding hydrogens is 386 g/mol. The van der Waals surface area contributed by atoms with Gasteiger partial charge in [0.15, 0.2) is 0 Å². The van der Waals surface area contributed by atoms with Gasteiger partial charge in [0.2, 0.25) is 11.8 Å². The van der Waals surface area contributed by atoms with Crippen molar-refractivity contribution < 1.29 is 9.59 Å². The van der Waals surface area contributed by atoms with Gasteiger partial charge in [0.05, 0.1) is 17.4 Å². The number of para-hydroxylation sites is 1. The van der Waals surface area contributed by atoms with Gasteiger partial charge in [0.25, 0.3) is 0 Å². The second-order valence-electron chi connectivity index (χ2n) is 10.8. The summed E-state index contributed by atoms with van der Waals surface area (Å²) in [5.41, 5.74) is 0.939. The normalized spacial score (nSPS) is 37.5. The quantitative estimate of drug-likeness (QED) is 0.742. The Morgan fingerprint density at radius 3 is 2.39 bits per heavy atom. The van der Waals surface area contributed by atoms with Crippen LogP contribution in [0.5, 0.6) is 0 Å². The molecular formula is C26H35N3O2. The van der Waals surface area contributed by atoms with Crippen molar-refractivity contribution in [1.82, 2.24) is 10.2 Å². The van der Waals surface area contributed by atoms with E-state index in [0.717, 1.165) is 49.5 Å². The van der Waals surface area contributed by atoms with Gasteiger partial charge in [-0.2, -0.15) is 0 Å². The SMILES string of the molecule is O=C1NC(=O)C2C1CN(c1ccccc1)C21CCN(C2CCC3CCCCC3C2)CC1. The molecule has 2 aliphatic carbocycles. The molecule has 6 rings (SSSR count). The fraction of sp³-hybridized carbons (Fsp3) is 0.692. The van der Waals surface area contributed by atoms with E-state index in [-0.39, 0.29) is 29.2 Å². The van der Waals surface area contributed by atoms with E-state index in [4.69, 9.17) is 0 Å². The molecule has 1 N–H and O–H groups in total. The summed E-state index contributed by atoms with van der Waals surface area (Å²) in [5, 5.41) is 2.65. The fourth-order valence-electron chi connectivity index (χ4n) is 7.99. The fourth-order valence-corrected chi connectivity index (χ4v) is 7.99. The molecule has 5 aliphatic rings. The van der Waals surface area contributed by atoms with Crippen molar-refractivity contribution in [2.45, 2.75) is 69.4 Å². The molecule has 0 bridgehead atoms. The largest absolute Gasteiger partial charge is 0.364 e. The van der Waals surface area contributed by atoms with Gasteiger partial charge in [-0.15, -0.1) is 0 Å². The predicted octanol–water partition coefficient (Wildman–Crippen LogP) is 3.59. The molecule has 2 amide bonds. The van der Waals surface area contributed by atoms with Crippen molar-refractivity contribution in [1.29, 1.82) is 0 Å². The number of fused-ring (bicyclic) bond motifs is 3. The number of rotatable bonds is 2. The Labute approximate surface area is 185 Å². The maximum absolute atomic E-state index is 12.9. The monoisotopic (exact) mass is 421 g/mol. The third-order valence-electron chi connectivity index (χ3n) is 9.52. The lowest BCUT2D eigenvalue weighted by Gasteiger charge is -2.51. The van der Waals surface area contributed by atoms with Gasteiger partial charge in [-0.3, -0.25) is 14.9 Å². The second-order valence-corrected chi connectivity index (χ2v) is 10.8. The number of carbonyl (C=O) groups is 2. The van der Waals surface area contributed by atoms with Crippen LogP contribution in [0.1, 0.15) is 57.8 Å². The van der Waals surface area contributed by atoms with E-state index in [2.05, 4.69) is 39.4 Å². The van der Waals surface area contributed by atoms with E-state index < -0.39 is 0 Å². The zero-order chi connectivity index (χ0) is 21.0. The minimum Gasteiger partial charge on any atom is -0.364 e. The Balaban J connectivity index is 1.23. The zero-order valence-corrected chi connectivity index (χ0v) is 18.5. The Morgan fingerprint density at radius 2 is 1.61 bits per heavy atom. The van der Waals surface area contributed by atoms with Crippen LogP contribution in [-0.4, -0.2) is 47.9 Å². The number of amides is 2. The number of benzene rings is 1. The molecule has 5 nitrogen and oxygen atoms in total. The number of anilines is 1. The van der Waals surface area contributed by atoms with Crippen molar-refractivity contribution in [3.8, 4) is 0 Å². The van der Waals surface area contributed by atoms with Crippen LogP contribution in [0.25, 0.3) is 0 Å². The van der Waals surface area contributed by atoms with Gasteiger partial charge in [-0.05, 0) is 56.1 Å². The van der Waals surface area contributed by atoms with Crippen LogP contribution >= 0.6 is 0 Å². The molecule has 5 unspecified atom stereocenters. The number of hydrogen-bond acceptors (Lipinski definition) is 4. The zero-order valence-electron chi connectivity index (χ0n) is 18.5. The summed E-state index contributed by atoms with van der Waals surface area (Å²) in [4.78, 5) is 30.6. The summed E-state index contributed by atoms with van der Waals surface area (Å²) >= 11 is 0. The average Bonchev–Trinajstić information content (AvgIpc) is 3.29. The number of likely N-dealkylation sites (tertiary alicyclic amines) is 1. The highest BCUT2D eigenvalue weighted by Gasteiger charge is 2.62. The summed E-state index contributed by atoms with van der Waals surface area (Å²) in [6.45, 7) is 2.77. The van der Waals surface area contributed by atoms with E-state index in [9.17, 15) is 9.59 Å². The smallest absolute Gasteiger partial charge is 0.232 e. The number of carbonyl (C=O) groups excluding carboxylic acids is 2. The first-order valence-electron chi connectivity index (χ1n) is 12.6. The molecule has 5 fully saturated rings. The Kier molecular flexibility index (Phi) is 4.86. The van der Waals surface area contributed by atoms with Crippen molar-refractivity contribution in [2.24, 2.45) is 23.7 Å². The number of piperidine rings is 1. The number of hydrogen-bond donors (Lipinski definition) is 1. The van der Waals surface area contributed by atoms with Gasteiger partial charge < -0.3 is 9.80 Å². The average molecular weight is 422 g/mol. The molecule has 31 heavy (non-hydrogen) atoms. The van der Waals surface area contributed by atoms with Crippen LogP contribution in [0, 0.1) is 23.7 Å². The highest BCUT2D eigenvalue weighted by molar-refractivity contribution is 6.07. The van der Waals surface area contributed by atoms with E-state index in [0.29, 0.717) is 6.54 Å². The molecule has 5 heteroatoms.